The van der Waals surface area contributed by atoms with Crippen molar-refractivity contribution < 1.29 is 9.47 Å². The first-order valence-electron chi connectivity index (χ1n) is 9.95. The Kier molecular flexibility index (Phi) is 7.08. The standard InChI is InChI=1S/C24H31NO2/c1-4-19-12-15-24(27-18-26-3)23(17-19)22-11-6-5-9-20(22)13-14-21-10-7-8-16-25(21)2/h5-6,9,11-15,17,21H,4,7-8,10,16,18H2,1-3H3. The van der Waals surface area contributed by atoms with Gasteiger partial charge in [-0.3, -0.25) is 4.90 Å². The van der Waals surface area contributed by atoms with Gasteiger partial charge < -0.3 is 9.47 Å². The van der Waals surface area contributed by atoms with Crippen LogP contribution in [0, 0.1) is 0 Å². The number of piperidine rings is 1. The molecule has 3 rings (SSSR count). The predicted octanol–water partition coefficient (Wildman–Crippen LogP) is 5.40. The van der Waals surface area contributed by atoms with E-state index < -0.39 is 0 Å². The summed E-state index contributed by atoms with van der Waals surface area (Å²) in [5.74, 6) is 0.865. The van der Waals surface area contributed by atoms with E-state index in [1.165, 1.54) is 42.5 Å². The largest absolute Gasteiger partial charge is 0.467 e. The van der Waals surface area contributed by atoms with Crippen molar-refractivity contribution in [2.45, 2.75) is 38.6 Å². The highest BCUT2D eigenvalue weighted by molar-refractivity contribution is 5.79. The molecule has 2 aromatic rings. The summed E-state index contributed by atoms with van der Waals surface area (Å²) in [5, 5.41) is 0. The average Bonchev–Trinajstić information content (AvgIpc) is 2.72. The van der Waals surface area contributed by atoms with Gasteiger partial charge in [0.2, 0.25) is 0 Å². The Morgan fingerprint density at radius 2 is 1.96 bits per heavy atom. The minimum atomic E-state index is 0.253. The molecule has 1 unspecified atom stereocenters. The molecule has 0 saturated carbocycles. The molecule has 1 aliphatic heterocycles. The summed E-state index contributed by atoms with van der Waals surface area (Å²) < 4.78 is 11.0. The molecule has 1 heterocycles. The Balaban J connectivity index is 1.95. The van der Waals surface area contributed by atoms with Crippen LogP contribution in [0.15, 0.2) is 48.5 Å². The summed E-state index contributed by atoms with van der Waals surface area (Å²) in [6.07, 6.45) is 9.50. The number of hydrogen-bond acceptors (Lipinski definition) is 3. The molecule has 1 fully saturated rings. The Bertz CT molecular complexity index is 769. The van der Waals surface area contributed by atoms with E-state index in [4.69, 9.17) is 9.47 Å². The maximum absolute atomic E-state index is 5.85. The van der Waals surface area contributed by atoms with Gasteiger partial charge in [0.25, 0.3) is 0 Å². The molecule has 1 aliphatic rings. The first-order valence-corrected chi connectivity index (χ1v) is 9.95. The molecule has 0 bridgehead atoms. The number of likely N-dealkylation sites (tertiary alicyclic amines) is 1. The van der Waals surface area contributed by atoms with E-state index in [0.29, 0.717) is 6.04 Å². The molecule has 27 heavy (non-hydrogen) atoms. The van der Waals surface area contributed by atoms with Crippen molar-refractivity contribution in [3.8, 4) is 16.9 Å². The first kappa shape index (κ1) is 19.7. The fraction of sp³-hybridized carbons (Fsp3) is 0.417. The second kappa shape index (κ2) is 9.72. The quantitative estimate of drug-likeness (QED) is 0.614. The van der Waals surface area contributed by atoms with Crippen LogP contribution in [-0.4, -0.2) is 38.4 Å². The van der Waals surface area contributed by atoms with Crippen LogP contribution in [0.3, 0.4) is 0 Å². The van der Waals surface area contributed by atoms with Crippen molar-refractivity contribution in [2.24, 2.45) is 0 Å². The molecule has 1 saturated heterocycles. The lowest BCUT2D eigenvalue weighted by Crippen LogP contribution is -2.34. The van der Waals surface area contributed by atoms with Crippen molar-refractivity contribution in [3.63, 3.8) is 0 Å². The molecule has 2 aromatic carbocycles. The molecule has 3 heteroatoms. The Morgan fingerprint density at radius 1 is 1.11 bits per heavy atom. The van der Waals surface area contributed by atoms with Crippen LogP contribution in [0.5, 0.6) is 5.75 Å². The number of methoxy groups -OCH3 is 1. The van der Waals surface area contributed by atoms with E-state index >= 15 is 0 Å². The van der Waals surface area contributed by atoms with Crippen LogP contribution in [0.1, 0.15) is 37.3 Å². The Labute approximate surface area is 163 Å². The summed E-state index contributed by atoms with van der Waals surface area (Å²) in [5.41, 5.74) is 4.87. The van der Waals surface area contributed by atoms with Crippen molar-refractivity contribution in [3.05, 3.63) is 59.7 Å². The molecule has 1 atom stereocenters. The summed E-state index contributed by atoms with van der Waals surface area (Å²) >= 11 is 0. The van der Waals surface area contributed by atoms with E-state index in [9.17, 15) is 0 Å². The third-order valence-electron chi connectivity index (χ3n) is 5.36. The van der Waals surface area contributed by atoms with Crippen LogP contribution < -0.4 is 4.74 Å². The van der Waals surface area contributed by atoms with E-state index in [1.807, 2.05) is 0 Å². The van der Waals surface area contributed by atoms with Crippen molar-refractivity contribution >= 4 is 6.08 Å². The molecule has 0 spiro atoms. The Hall–Kier alpha value is -2.10. The fourth-order valence-electron chi connectivity index (χ4n) is 3.70. The van der Waals surface area contributed by atoms with Gasteiger partial charge in [-0.2, -0.15) is 0 Å². The van der Waals surface area contributed by atoms with Crippen molar-refractivity contribution in [1.82, 2.24) is 4.90 Å². The number of aryl methyl sites for hydroxylation is 1. The highest BCUT2D eigenvalue weighted by Crippen LogP contribution is 2.34. The maximum atomic E-state index is 5.85. The number of rotatable bonds is 7. The summed E-state index contributed by atoms with van der Waals surface area (Å²) in [4.78, 5) is 2.45. The van der Waals surface area contributed by atoms with Gasteiger partial charge in [0.15, 0.2) is 6.79 Å². The zero-order chi connectivity index (χ0) is 19.1. The van der Waals surface area contributed by atoms with Crippen LogP contribution in [0.25, 0.3) is 17.2 Å². The smallest absolute Gasteiger partial charge is 0.188 e. The van der Waals surface area contributed by atoms with E-state index in [-0.39, 0.29) is 6.79 Å². The lowest BCUT2D eigenvalue weighted by atomic mass is 9.95. The summed E-state index contributed by atoms with van der Waals surface area (Å²) in [7, 11) is 3.87. The molecular weight excluding hydrogens is 334 g/mol. The van der Waals surface area contributed by atoms with Crippen LogP contribution in [-0.2, 0) is 11.2 Å². The summed E-state index contributed by atoms with van der Waals surface area (Å²) in [6.45, 7) is 3.62. The zero-order valence-corrected chi connectivity index (χ0v) is 16.8. The molecule has 0 aliphatic carbocycles. The van der Waals surface area contributed by atoms with Gasteiger partial charge in [0.1, 0.15) is 5.75 Å². The fourth-order valence-corrected chi connectivity index (χ4v) is 3.70. The van der Waals surface area contributed by atoms with Crippen molar-refractivity contribution in [2.75, 3.05) is 27.5 Å². The number of benzene rings is 2. The van der Waals surface area contributed by atoms with E-state index in [0.717, 1.165) is 17.7 Å². The normalized spacial score (nSPS) is 18.1. The van der Waals surface area contributed by atoms with Crippen LogP contribution in [0.4, 0.5) is 0 Å². The highest BCUT2D eigenvalue weighted by atomic mass is 16.7. The minimum absolute atomic E-state index is 0.253. The zero-order valence-electron chi connectivity index (χ0n) is 16.8. The van der Waals surface area contributed by atoms with Crippen LogP contribution in [0.2, 0.25) is 0 Å². The topological polar surface area (TPSA) is 21.7 Å². The molecule has 0 amide bonds. The van der Waals surface area contributed by atoms with E-state index in [1.54, 1.807) is 7.11 Å². The maximum Gasteiger partial charge on any atom is 0.188 e. The van der Waals surface area contributed by atoms with Gasteiger partial charge in [0.05, 0.1) is 0 Å². The predicted molar refractivity (Wildman–Crippen MR) is 113 cm³/mol. The van der Waals surface area contributed by atoms with Gasteiger partial charge in [-0.25, -0.2) is 0 Å². The molecule has 0 aromatic heterocycles. The third kappa shape index (κ3) is 5.00. The molecule has 144 valence electrons. The van der Waals surface area contributed by atoms with Crippen molar-refractivity contribution in [1.29, 1.82) is 0 Å². The van der Waals surface area contributed by atoms with E-state index in [2.05, 4.69) is 73.5 Å². The first-order chi connectivity index (χ1) is 13.2. The average molecular weight is 366 g/mol. The van der Waals surface area contributed by atoms with Gasteiger partial charge in [0, 0.05) is 18.7 Å². The second-order valence-corrected chi connectivity index (χ2v) is 7.23. The monoisotopic (exact) mass is 365 g/mol. The lowest BCUT2D eigenvalue weighted by Gasteiger charge is -2.30. The third-order valence-corrected chi connectivity index (χ3v) is 5.36. The van der Waals surface area contributed by atoms with Crippen LogP contribution >= 0.6 is 0 Å². The number of likely N-dealkylation sites (N-methyl/N-ethyl adjacent to an activating group) is 1. The lowest BCUT2D eigenvalue weighted by molar-refractivity contribution is 0.0515. The number of hydrogen-bond donors (Lipinski definition) is 0. The molecule has 0 N–H and O–H groups in total. The molecular formula is C24H31NO2. The summed E-state index contributed by atoms with van der Waals surface area (Å²) in [6, 6.07) is 15.5. The van der Waals surface area contributed by atoms with Gasteiger partial charge in [-0.15, -0.1) is 0 Å². The van der Waals surface area contributed by atoms with Gasteiger partial charge >= 0.3 is 0 Å². The molecule has 3 nitrogen and oxygen atoms in total. The highest BCUT2D eigenvalue weighted by Gasteiger charge is 2.16. The number of ether oxygens (including phenoxy) is 2. The minimum Gasteiger partial charge on any atom is -0.467 e. The van der Waals surface area contributed by atoms with Gasteiger partial charge in [-0.05, 0) is 61.7 Å². The SMILES string of the molecule is CCc1ccc(OCOC)c(-c2ccccc2C=CC2CCCCN2C)c1. The van der Waals surface area contributed by atoms with Gasteiger partial charge in [-0.1, -0.05) is 55.8 Å². The second-order valence-electron chi connectivity index (χ2n) is 7.23. The number of nitrogens with zero attached hydrogens (tertiary/aromatic N) is 1. The Morgan fingerprint density at radius 3 is 2.74 bits per heavy atom. The molecule has 0 radical (unpaired) electrons.